The Morgan fingerprint density at radius 1 is 1.08 bits per heavy atom. The van der Waals surface area contributed by atoms with E-state index < -0.39 is 11.9 Å². The van der Waals surface area contributed by atoms with Crippen molar-refractivity contribution in [1.29, 1.82) is 0 Å². The Balaban J connectivity index is 0.000000413. The highest BCUT2D eigenvalue weighted by Crippen LogP contribution is 2.28. The van der Waals surface area contributed by atoms with E-state index in [1.54, 1.807) is 14.2 Å². The van der Waals surface area contributed by atoms with Crippen LogP contribution < -0.4 is 9.47 Å². The van der Waals surface area contributed by atoms with Crippen LogP contribution in [0, 0.1) is 5.92 Å². The van der Waals surface area contributed by atoms with Gasteiger partial charge in [0.05, 0.1) is 14.2 Å². The maximum Gasteiger partial charge on any atom is 0.414 e. The fraction of sp³-hybridized carbons (Fsp3) is 0.529. The van der Waals surface area contributed by atoms with E-state index in [2.05, 4.69) is 24.0 Å². The molecule has 1 aliphatic heterocycles. The molecular formula is C17H25NO6. The van der Waals surface area contributed by atoms with Gasteiger partial charge in [-0.25, -0.2) is 9.59 Å². The second-order valence-corrected chi connectivity index (χ2v) is 5.76. The van der Waals surface area contributed by atoms with Gasteiger partial charge in [-0.05, 0) is 49.5 Å². The number of rotatable bonds is 4. The molecule has 1 aliphatic rings. The van der Waals surface area contributed by atoms with Crippen LogP contribution in [-0.2, 0) is 16.1 Å². The quantitative estimate of drug-likeness (QED) is 0.811. The van der Waals surface area contributed by atoms with Crippen molar-refractivity contribution in [2.75, 3.05) is 27.3 Å². The highest BCUT2D eigenvalue weighted by Gasteiger charge is 2.16. The molecule has 24 heavy (non-hydrogen) atoms. The molecule has 0 aromatic heterocycles. The smallest absolute Gasteiger partial charge is 0.414 e. The molecule has 1 heterocycles. The number of ether oxygens (including phenoxy) is 2. The lowest BCUT2D eigenvalue weighted by Crippen LogP contribution is -2.32. The Labute approximate surface area is 141 Å². The second-order valence-electron chi connectivity index (χ2n) is 5.76. The molecular weight excluding hydrogens is 314 g/mol. The van der Waals surface area contributed by atoms with Gasteiger partial charge in [0.25, 0.3) is 0 Å². The second kappa shape index (κ2) is 9.77. The molecule has 0 bridgehead atoms. The van der Waals surface area contributed by atoms with Crippen LogP contribution in [0.4, 0.5) is 0 Å². The number of carbonyl (C=O) groups is 2. The Hall–Kier alpha value is -2.28. The number of carboxylic acid groups (broad SMARTS) is 2. The summed E-state index contributed by atoms with van der Waals surface area (Å²) >= 11 is 0. The molecule has 0 amide bonds. The molecule has 0 aliphatic carbocycles. The number of piperidine rings is 1. The summed E-state index contributed by atoms with van der Waals surface area (Å²) in [4.78, 5) is 20.7. The summed E-state index contributed by atoms with van der Waals surface area (Å²) in [5.74, 6) is -1.15. The third kappa shape index (κ3) is 6.45. The highest BCUT2D eigenvalue weighted by atomic mass is 16.5. The first-order valence-corrected chi connectivity index (χ1v) is 7.76. The lowest BCUT2D eigenvalue weighted by molar-refractivity contribution is -0.159. The Morgan fingerprint density at radius 2 is 1.62 bits per heavy atom. The lowest BCUT2D eigenvalue weighted by Gasteiger charge is -2.30. The van der Waals surface area contributed by atoms with Crippen molar-refractivity contribution in [3.8, 4) is 11.5 Å². The van der Waals surface area contributed by atoms with Crippen molar-refractivity contribution in [3.05, 3.63) is 23.8 Å². The first-order valence-electron chi connectivity index (χ1n) is 7.76. The van der Waals surface area contributed by atoms with Gasteiger partial charge in [-0.15, -0.1) is 0 Å². The fourth-order valence-corrected chi connectivity index (χ4v) is 2.46. The molecule has 0 radical (unpaired) electrons. The van der Waals surface area contributed by atoms with Crippen LogP contribution in [0.3, 0.4) is 0 Å². The number of carboxylic acids is 2. The van der Waals surface area contributed by atoms with Crippen LogP contribution in [0.1, 0.15) is 25.3 Å². The maximum atomic E-state index is 9.10. The van der Waals surface area contributed by atoms with E-state index in [0.717, 1.165) is 24.0 Å². The summed E-state index contributed by atoms with van der Waals surface area (Å²) in [5, 5.41) is 14.8. The minimum Gasteiger partial charge on any atom is -0.493 e. The Kier molecular flexibility index (Phi) is 8.05. The van der Waals surface area contributed by atoms with E-state index in [4.69, 9.17) is 29.3 Å². The van der Waals surface area contributed by atoms with Crippen molar-refractivity contribution in [2.24, 2.45) is 5.92 Å². The first-order chi connectivity index (χ1) is 11.4. The van der Waals surface area contributed by atoms with Gasteiger partial charge in [-0.1, -0.05) is 13.0 Å². The number of methoxy groups -OCH3 is 2. The van der Waals surface area contributed by atoms with Gasteiger partial charge in [0.2, 0.25) is 0 Å². The van der Waals surface area contributed by atoms with Gasteiger partial charge in [-0.3, -0.25) is 4.90 Å². The SMILES string of the molecule is COc1ccc(CN2CCC(C)CC2)cc1OC.O=C(O)C(=O)O. The summed E-state index contributed by atoms with van der Waals surface area (Å²) in [6, 6.07) is 6.19. The van der Waals surface area contributed by atoms with E-state index in [-0.39, 0.29) is 0 Å². The zero-order valence-electron chi connectivity index (χ0n) is 14.3. The number of benzene rings is 1. The van der Waals surface area contributed by atoms with Crippen LogP contribution in [0.5, 0.6) is 11.5 Å². The molecule has 0 spiro atoms. The van der Waals surface area contributed by atoms with Gasteiger partial charge in [0, 0.05) is 6.54 Å². The molecule has 1 saturated heterocycles. The average molecular weight is 339 g/mol. The number of hydrogen-bond acceptors (Lipinski definition) is 5. The van der Waals surface area contributed by atoms with Gasteiger partial charge in [0.1, 0.15) is 0 Å². The molecule has 7 nitrogen and oxygen atoms in total. The summed E-state index contributed by atoms with van der Waals surface area (Å²) in [7, 11) is 3.35. The Bertz CT molecular complexity index is 540. The van der Waals surface area contributed by atoms with Crippen LogP contribution in [0.25, 0.3) is 0 Å². The summed E-state index contributed by atoms with van der Waals surface area (Å²) < 4.78 is 10.6. The molecule has 1 aromatic carbocycles. The molecule has 1 aromatic rings. The Morgan fingerprint density at radius 3 is 2.08 bits per heavy atom. The molecule has 1 fully saturated rings. The largest absolute Gasteiger partial charge is 0.493 e. The lowest BCUT2D eigenvalue weighted by atomic mass is 9.99. The van der Waals surface area contributed by atoms with E-state index in [0.29, 0.717) is 0 Å². The summed E-state index contributed by atoms with van der Waals surface area (Å²) in [5.41, 5.74) is 1.29. The molecule has 0 atom stereocenters. The summed E-state index contributed by atoms with van der Waals surface area (Å²) in [6.45, 7) is 5.76. The average Bonchev–Trinajstić information content (AvgIpc) is 2.57. The van der Waals surface area contributed by atoms with E-state index in [9.17, 15) is 0 Å². The van der Waals surface area contributed by atoms with Gasteiger partial charge in [0.15, 0.2) is 11.5 Å². The summed E-state index contributed by atoms with van der Waals surface area (Å²) in [6.07, 6.45) is 2.63. The van der Waals surface area contributed by atoms with E-state index in [1.165, 1.54) is 31.5 Å². The van der Waals surface area contributed by atoms with E-state index in [1.807, 2.05) is 6.07 Å². The van der Waals surface area contributed by atoms with Crippen LogP contribution in [0.15, 0.2) is 18.2 Å². The van der Waals surface area contributed by atoms with Gasteiger partial charge >= 0.3 is 11.9 Å². The van der Waals surface area contributed by atoms with Gasteiger partial charge in [-0.2, -0.15) is 0 Å². The molecule has 0 unspecified atom stereocenters. The van der Waals surface area contributed by atoms with Crippen LogP contribution >= 0.6 is 0 Å². The normalized spacial score (nSPS) is 15.1. The number of aliphatic carboxylic acids is 2. The zero-order valence-corrected chi connectivity index (χ0v) is 14.3. The molecule has 2 rings (SSSR count). The molecule has 2 N–H and O–H groups in total. The third-order valence-electron chi connectivity index (χ3n) is 3.91. The fourth-order valence-electron chi connectivity index (χ4n) is 2.46. The topological polar surface area (TPSA) is 96.3 Å². The number of hydrogen-bond donors (Lipinski definition) is 2. The molecule has 0 saturated carbocycles. The first kappa shape index (κ1) is 19.8. The third-order valence-corrected chi connectivity index (χ3v) is 3.91. The predicted molar refractivity (Wildman–Crippen MR) is 88.5 cm³/mol. The van der Waals surface area contributed by atoms with Crippen molar-refractivity contribution in [2.45, 2.75) is 26.3 Å². The van der Waals surface area contributed by atoms with Crippen LogP contribution in [-0.4, -0.2) is 54.4 Å². The van der Waals surface area contributed by atoms with Gasteiger partial charge < -0.3 is 19.7 Å². The molecule has 134 valence electrons. The highest BCUT2D eigenvalue weighted by molar-refractivity contribution is 6.27. The van der Waals surface area contributed by atoms with Crippen molar-refractivity contribution in [1.82, 2.24) is 4.90 Å². The number of nitrogens with zero attached hydrogens (tertiary/aromatic N) is 1. The molecule has 7 heteroatoms. The van der Waals surface area contributed by atoms with Crippen molar-refractivity contribution >= 4 is 11.9 Å². The predicted octanol–water partition coefficient (Wildman–Crippen LogP) is 2.09. The monoisotopic (exact) mass is 339 g/mol. The number of likely N-dealkylation sites (tertiary alicyclic amines) is 1. The van der Waals surface area contributed by atoms with E-state index >= 15 is 0 Å². The zero-order chi connectivity index (χ0) is 18.1. The maximum absolute atomic E-state index is 9.10. The van der Waals surface area contributed by atoms with Crippen LogP contribution in [0.2, 0.25) is 0 Å². The standard InChI is InChI=1S/C15H23NO2.C2H2O4/c1-12-6-8-16(9-7-12)11-13-4-5-14(17-2)15(10-13)18-3;3-1(4)2(5)6/h4-5,10,12H,6-9,11H2,1-3H3;(H,3,4)(H,5,6). The minimum absolute atomic E-state index is 0.800. The minimum atomic E-state index is -1.82. The van der Waals surface area contributed by atoms with Crippen molar-refractivity contribution in [3.63, 3.8) is 0 Å². The van der Waals surface area contributed by atoms with Crippen molar-refractivity contribution < 1.29 is 29.3 Å².